The molecule has 1 aliphatic heterocycles. The zero-order valence-corrected chi connectivity index (χ0v) is 18.1. The summed E-state index contributed by atoms with van der Waals surface area (Å²) in [5.74, 6) is 1.50. The van der Waals surface area contributed by atoms with Gasteiger partial charge in [0.2, 0.25) is 0 Å². The van der Waals surface area contributed by atoms with Gasteiger partial charge in [0, 0.05) is 32.2 Å². The summed E-state index contributed by atoms with van der Waals surface area (Å²) in [4.78, 5) is 7.22. The molecular weight excluding hydrogens is 435 g/mol. The molecule has 7 heteroatoms. The molecule has 0 spiro atoms. The SMILES string of the molecule is CCNC(=NCc1ccsc1)NCC(C(C)C)N1CCOCC1.I. The first-order valence-corrected chi connectivity index (χ1v) is 9.50. The Balaban J connectivity index is 0.00000288. The normalized spacial score (nSPS) is 17.4. The number of aliphatic imine (C=N–C) groups is 1. The second-order valence-corrected chi connectivity index (χ2v) is 6.95. The maximum Gasteiger partial charge on any atom is 0.191 e. The predicted molar refractivity (Wildman–Crippen MR) is 114 cm³/mol. The first-order valence-electron chi connectivity index (χ1n) is 8.55. The lowest BCUT2D eigenvalue weighted by Gasteiger charge is -2.37. The van der Waals surface area contributed by atoms with E-state index in [-0.39, 0.29) is 24.0 Å². The number of rotatable bonds is 7. The lowest BCUT2D eigenvalue weighted by Crippen LogP contribution is -2.52. The molecule has 5 nitrogen and oxygen atoms in total. The van der Waals surface area contributed by atoms with Crippen molar-refractivity contribution in [2.75, 3.05) is 39.4 Å². The van der Waals surface area contributed by atoms with Crippen molar-refractivity contribution in [3.05, 3.63) is 22.4 Å². The van der Waals surface area contributed by atoms with Crippen LogP contribution in [0.2, 0.25) is 0 Å². The van der Waals surface area contributed by atoms with E-state index in [4.69, 9.17) is 9.73 Å². The van der Waals surface area contributed by atoms with Crippen LogP contribution >= 0.6 is 35.3 Å². The highest BCUT2D eigenvalue weighted by atomic mass is 127. The molecule has 1 fully saturated rings. The minimum Gasteiger partial charge on any atom is -0.379 e. The number of hydrogen-bond donors (Lipinski definition) is 2. The van der Waals surface area contributed by atoms with E-state index >= 15 is 0 Å². The smallest absolute Gasteiger partial charge is 0.191 e. The highest BCUT2D eigenvalue weighted by Gasteiger charge is 2.23. The van der Waals surface area contributed by atoms with Crippen LogP contribution in [0.25, 0.3) is 0 Å². The molecule has 0 radical (unpaired) electrons. The predicted octanol–water partition coefficient (Wildman–Crippen LogP) is 2.78. The number of guanidine groups is 1. The van der Waals surface area contributed by atoms with Crippen LogP contribution in [0.4, 0.5) is 0 Å². The van der Waals surface area contributed by atoms with Crippen molar-refractivity contribution in [1.29, 1.82) is 0 Å². The van der Waals surface area contributed by atoms with Crippen LogP contribution in [0.15, 0.2) is 21.8 Å². The van der Waals surface area contributed by atoms with Crippen LogP contribution in [0.1, 0.15) is 26.3 Å². The summed E-state index contributed by atoms with van der Waals surface area (Å²) >= 11 is 1.72. The standard InChI is InChI=1S/C17H30N4OS.HI/c1-4-18-17(19-11-15-5-10-23-13-15)20-12-16(14(2)3)21-6-8-22-9-7-21;/h5,10,13-14,16H,4,6-9,11-12H2,1-3H3,(H2,18,19,20);1H. The van der Waals surface area contributed by atoms with Gasteiger partial charge in [0.25, 0.3) is 0 Å². The molecule has 2 heterocycles. The van der Waals surface area contributed by atoms with Crippen molar-refractivity contribution in [3.8, 4) is 0 Å². The maximum absolute atomic E-state index is 5.48. The van der Waals surface area contributed by atoms with Crippen molar-refractivity contribution in [3.63, 3.8) is 0 Å². The summed E-state index contributed by atoms with van der Waals surface area (Å²) in [5, 5.41) is 11.1. The third-order valence-electron chi connectivity index (χ3n) is 4.11. The molecule has 1 aliphatic rings. The third kappa shape index (κ3) is 7.25. The van der Waals surface area contributed by atoms with Gasteiger partial charge in [-0.15, -0.1) is 24.0 Å². The largest absolute Gasteiger partial charge is 0.379 e. The van der Waals surface area contributed by atoms with E-state index in [0.717, 1.165) is 51.9 Å². The Morgan fingerprint density at radius 1 is 1.33 bits per heavy atom. The fraction of sp³-hybridized carbons (Fsp3) is 0.706. The van der Waals surface area contributed by atoms with Crippen LogP contribution in [-0.4, -0.2) is 56.3 Å². The van der Waals surface area contributed by atoms with Gasteiger partial charge in [0.15, 0.2) is 5.96 Å². The zero-order chi connectivity index (χ0) is 16.5. The maximum atomic E-state index is 5.48. The van der Waals surface area contributed by atoms with Gasteiger partial charge in [-0.3, -0.25) is 4.90 Å². The van der Waals surface area contributed by atoms with Crippen LogP contribution < -0.4 is 10.6 Å². The minimum absolute atomic E-state index is 0. The molecule has 0 aromatic carbocycles. The van der Waals surface area contributed by atoms with E-state index in [1.807, 2.05) is 0 Å². The molecule has 0 bridgehead atoms. The van der Waals surface area contributed by atoms with Gasteiger partial charge in [-0.2, -0.15) is 11.3 Å². The Kier molecular flexibility index (Phi) is 10.9. The molecule has 1 atom stereocenters. The Labute approximate surface area is 167 Å². The van der Waals surface area contributed by atoms with Crippen molar-refractivity contribution in [2.24, 2.45) is 10.9 Å². The Morgan fingerprint density at radius 3 is 2.67 bits per heavy atom. The zero-order valence-electron chi connectivity index (χ0n) is 15.0. The summed E-state index contributed by atoms with van der Waals surface area (Å²) in [5.41, 5.74) is 1.26. The minimum atomic E-state index is 0. The lowest BCUT2D eigenvalue weighted by molar-refractivity contribution is 0.00752. The number of thiophene rings is 1. The molecule has 2 rings (SSSR count). The van der Waals surface area contributed by atoms with Gasteiger partial charge in [-0.1, -0.05) is 13.8 Å². The summed E-state index contributed by atoms with van der Waals surface area (Å²) in [7, 11) is 0. The highest BCUT2D eigenvalue weighted by Crippen LogP contribution is 2.12. The second kappa shape index (κ2) is 12.1. The van der Waals surface area contributed by atoms with Crippen LogP contribution in [-0.2, 0) is 11.3 Å². The molecule has 1 aromatic heterocycles. The number of nitrogens with one attached hydrogen (secondary N) is 2. The number of nitrogens with zero attached hydrogens (tertiary/aromatic N) is 2. The second-order valence-electron chi connectivity index (χ2n) is 6.17. The van der Waals surface area contributed by atoms with Gasteiger partial charge in [0.05, 0.1) is 19.8 Å². The van der Waals surface area contributed by atoms with E-state index < -0.39 is 0 Å². The van der Waals surface area contributed by atoms with Crippen molar-refractivity contribution in [2.45, 2.75) is 33.4 Å². The Hall–Kier alpha value is -0.380. The van der Waals surface area contributed by atoms with E-state index in [2.05, 4.69) is 53.1 Å². The van der Waals surface area contributed by atoms with Crippen molar-refractivity contribution in [1.82, 2.24) is 15.5 Å². The van der Waals surface area contributed by atoms with Crippen molar-refractivity contribution < 1.29 is 4.74 Å². The van der Waals surface area contributed by atoms with Crippen LogP contribution in [0.5, 0.6) is 0 Å². The molecule has 1 unspecified atom stereocenters. The molecule has 0 saturated carbocycles. The van der Waals surface area contributed by atoms with Gasteiger partial charge >= 0.3 is 0 Å². The van der Waals surface area contributed by atoms with E-state index in [1.54, 1.807) is 11.3 Å². The molecule has 138 valence electrons. The fourth-order valence-electron chi connectivity index (χ4n) is 2.79. The van der Waals surface area contributed by atoms with Gasteiger partial charge in [-0.25, -0.2) is 4.99 Å². The molecule has 0 amide bonds. The summed E-state index contributed by atoms with van der Waals surface area (Å²) < 4.78 is 5.48. The monoisotopic (exact) mass is 466 g/mol. The first kappa shape index (κ1) is 21.7. The highest BCUT2D eigenvalue weighted by molar-refractivity contribution is 14.0. The lowest BCUT2D eigenvalue weighted by atomic mass is 10.0. The number of ether oxygens (including phenoxy) is 1. The number of morpholine rings is 1. The van der Waals surface area contributed by atoms with Gasteiger partial charge in [0.1, 0.15) is 0 Å². The Morgan fingerprint density at radius 2 is 2.08 bits per heavy atom. The van der Waals surface area contributed by atoms with Crippen LogP contribution in [0.3, 0.4) is 0 Å². The molecule has 1 saturated heterocycles. The molecule has 24 heavy (non-hydrogen) atoms. The summed E-state index contributed by atoms with van der Waals surface area (Å²) in [6.07, 6.45) is 0. The first-order chi connectivity index (χ1) is 11.2. The molecule has 0 aliphatic carbocycles. The molecule has 2 N–H and O–H groups in total. The molecular formula is C17H31IN4OS. The summed E-state index contributed by atoms with van der Waals surface area (Å²) in [6.45, 7) is 12.9. The summed E-state index contributed by atoms with van der Waals surface area (Å²) in [6, 6.07) is 2.63. The van der Waals surface area contributed by atoms with Crippen molar-refractivity contribution >= 4 is 41.3 Å². The molecule has 1 aromatic rings. The van der Waals surface area contributed by atoms with Crippen LogP contribution in [0, 0.1) is 5.92 Å². The average Bonchev–Trinajstić information content (AvgIpc) is 3.07. The van der Waals surface area contributed by atoms with Gasteiger partial charge < -0.3 is 15.4 Å². The van der Waals surface area contributed by atoms with E-state index in [1.165, 1.54) is 5.56 Å². The Bertz CT molecular complexity index is 461. The van der Waals surface area contributed by atoms with Gasteiger partial charge in [-0.05, 0) is 35.2 Å². The number of hydrogen-bond acceptors (Lipinski definition) is 4. The fourth-order valence-corrected chi connectivity index (χ4v) is 3.45. The quantitative estimate of drug-likeness (QED) is 0.369. The van der Waals surface area contributed by atoms with E-state index in [0.29, 0.717) is 12.0 Å². The number of halogens is 1. The topological polar surface area (TPSA) is 48.9 Å². The average molecular weight is 466 g/mol. The third-order valence-corrected chi connectivity index (χ3v) is 4.84. The van der Waals surface area contributed by atoms with E-state index in [9.17, 15) is 0 Å².